The Morgan fingerprint density at radius 3 is 2.64 bits per heavy atom. The van der Waals surface area contributed by atoms with Crippen molar-refractivity contribution in [1.82, 2.24) is 5.32 Å². The third-order valence-electron chi connectivity index (χ3n) is 5.66. The zero-order valence-corrected chi connectivity index (χ0v) is 15.3. The number of aliphatic hydroxyl groups is 1. The van der Waals surface area contributed by atoms with Crippen LogP contribution in [0.1, 0.15) is 50.1 Å². The van der Waals surface area contributed by atoms with E-state index in [1.165, 1.54) is 25.7 Å². The molecular weight excluding hydrogens is 340 g/mol. The van der Waals surface area contributed by atoms with E-state index in [4.69, 9.17) is 4.74 Å². The van der Waals surface area contributed by atoms with Crippen LogP contribution in [0.25, 0.3) is 0 Å². The molecule has 138 valence electrons. The van der Waals surface area contributed by atoms with E-state index in [2.05, 4.69) is 10.0 Å². The van der Waals surface area contributed by atoms with Gasteiger partial charge in [0.1, 0.15) is 17.5 Å². The zero-order chi connectivity index (χ0) is 17.7. The number of rotatable bonds is 5. The fourth-order valence-electron chi connectivity index (χ4n) is 4.16. The van der Waals surface area contributed by atoms with Gasteiger partial charge in [-0.3, -0.25) is 4.72 Å². The minimum absolute atomic E-state index is 0.167. The maximum atomic E-state index is 11.5. The number of ether oxygens (including phenoxy) is 1. The minimum atomic E-state index is -3.33. The van der Waals surface area contributed by atoms with Crippen molar-refractivity contribution in [3.05, 3.63) is 23.8 Å². The third kappa shape index (κ3) is 3.50. The van der Waals surface area contributed by atoms with Crippen molar-refractivity contribution in [1.29, 1.82) is 0 Å². The van der Waals surface area contributed by atoms with Gasteiger partial charge in [-0.05, 0) is 44.2 Å². The molecule has 25 heavy (non-hydrogen) atoms. The molecule has 2 aliphatic carbocycles. The Labute approximate surface area is 149 Å². The van der Waals surface area contributed by atoms with E-state index in [1.54, 1.807) is 12.1 Å². The fraction of sp³-hybridized carbons (Fsp3) is 0.667. The molecule has 1 aromatic rings. The molecule has 2 unspecified atom stereocenters. The summed E-state index contributed by atoms with van der Waals surface area (Å²) in [5.74, 6) is 1.35. The van der Waals surface area contributed by atoms with E-state index in [0.29, 0.717) is 17.4 Å². The van der Waals surface area contributed by atoms with Crippen molar-refractivity contribution in [3.63, 3.8) is 0 Å². The Hall–Kier alpha value is -1.31. The van der Waals surface area contributed by atoms with Gasteiger partial charge >= 0.3 is 0 Å². The Bertz CT molecular complexity index is 754. The van der Waals surface area contributed by atoms with E-state index in [1.807, 2.05) is 6.07 Å². The van der Waals surface area contributed by atoms with Crippen molar-refractivity contribution < 1.29 is 18.3 Å². The summed E-state index contributed by atoms with van der Waals surface area (Å²) in [4.78, 5) is 0. The molecule has 1 heterocycles. The van der Waals surface area contributed by atoms with Gasteiger partial charge in [0.25, 0.3) is 0 Å². The summed E-state index contributed by atoms with van der Waals surface area (Å²) in [7, 11) is -3.33. The molecule has 6 nitrogen and oxygen atoms in total. The van der Waals surface area contributed by atoms with Crippen LogP contribution in [0.3, 0.4) is 0 Å². The van der Waals surface area contributed by atoms with Crippen LogP contribution >= 0.6 is 0 Å². The maximum absolute atomic E-state index is 11.5. The van der Waals surface area contributed by atoms with Gasteiger partial charge < -0.3 is 15.2 Å². The van der Waals surface area contributed by atoms with E-state index in [0.717, 1.165) is 31.2 Å². The molecule has 2 fully saturated rings. The molecular formula is C18H26N2O4S. The maximum Gasteiger partial charge on any atom is 0.229 e. The molecule has 1 spiro atoms. The molecule has 2 saturated carbocycles. The largest absolute Gasteiger partial charge is 0.484 e. The first-order chi connectivity index (χ1) is 11.9. The molecule has 3 aliphatic rings. The van der Waals surface area contributed by atoms with Crippen molar-refractivity contribution in [2.24, 2.45) is 5.92 Å². The third-order valence-corrected chi connectivity index (χ3v) is 6.27. The number of anilines is 1. The molecule has 0 saturated heterocycles. The van der Waals surface area contributed by atoms with Crippen LogP contribution in [0.5, 0.6) is 5.75 Å². The van der Waals surface area contributed by atoms with Crippen LogP contribution in [0.15, 0.2) is 18.2 Å². The van der Waals surface area contributed by atoms with Crippen LogP contribution in [0, 0.1) is 5.92 Å². The first-order valence-electron chi connectivity index (χ1n) is 9.08. The van der Waals surface area contributed by atoms with Gasteiger partial charge in [0.2, 0.25) is 10.0 Å². The Morgan fingerprint density at radius 1 is 1.28 bits per heavy atom. The Balaban J connectivity index is 1.59. The predicted octanol–water partition coefficient (Wildman–Crippen LogP) is 2.16. The molecule has 1 aliphatic heterocycles. The van der Waals surface area contributed by atoms with E-state index in [-0.39, 0.29) is 6.04 Å². The second-order valence-electron chi connectivity index (χ2n) is 7.77. The highest BCUT2D eigenvalue weighted by atomic mass is 32.2. The highest BCUT2D eigenvalue weighted by molar-refractivity contribution is 7.92. The van der Waals surface area contributed by atoms with E-state index >= 15 is 0 Å². The van der Waals surface area contributed by atoms with Crippen LogP contribution in [-0.2, 0) is 10.0 Å². The Morgan fingerprint density at radius 2 is 2.00 bits per heavy atom. The van der Waals surface area contributed by atoms with Gasteiger partial charge in [0.05, 0.1) is 18.0 Å². The summed E-state index contributed by atoms with van der Waals surface area (Å²) in [5.41, 5.74) is 0.884. The quantitative estimate of drug-likeness (QED) is 0.743. The highest BCUT2D eigenvalue weighted by Gasteiger charge is 2.57. The van der Waals surface area contributed by atoms with Gasteiger partial charge in [-0.15, -0.1) is 0 Å². The summed E-state index contributed by atoms with van der Waals surface area (Å²) in [6.07, 6.45) is 7.31. The number of hydrogen-bond acceptors (Lipinski definition) is 5. The lowest BCUT2D eigenvalue weighted by atomic mass is 9.91. The monoisotopic (exact) mass is 366 g/mol. The van der Waals surface area contributed by atoms with Crippen LogP contribution in [-0.4, -0.2) is 38.0 Å². The summed E-state index contributed by atoms with van der Waals surface area (Å²) >= 11 is 0. The number of benzene rings is 1. The molecule has 0 amide bonds. The lowest BCUT2D eigenvalue weighted by Crippen LogP contribution is -2.48. The summed E-state index contributed by atoms with van der Waals surface area (Å²) < 4.78 is 31.5. The van der Waals surface area contributed by atoms with Crippen molar-refractivity contribution in [2.75, 3.05) is 17.5 Å². The summed E-state index contributed by atoms with van der Waals surface area (Å²) in [5, 5.41) is 14.4. The van der Waals surface area contributed by atoms with Crippen LogP contribution in [0.4, 0.5) is 5.69 Å². The zero-order valence-electron chi connectivity index (χ0n) is 14.5. The summed E-state index contributed by atoms with van der Waals surface area (Å²) in [6, 6.07) is 5.14. The van der Waals surface area contributed by atoms with Crippen LogP contribution < -0.4 is 14.8 Å². The highest BCUT2D eigenvalue weighted by Crippen LogP contribution is 2.52. The predicted molar refractivity (Wildman–Crippen MR) is 96.2 cm³/mol. The second-order valence-corrected chi connectivity index (χ2v) is 9.52. The van der Waals surface area contributed by atoms with Gasteiger partial charge in [-0.1, -0.05) is 18.9 Å². The number of nitrogens with one attached hydrogen (secondary N) is 2. The van der Waals surface area contributed by atoms with E-state index < -0.39 is 21.7 Å². The van der Waals surface area contributed by atoms with Crippen molar-refractivity contribution in [3.8, 4) is 5.75 Å². The van der Waals surface area contributed by atoms with Gasteiger partial charge in [-0.25, -0.2) is 8.42 Å². The van der Waals surface area contributed by atoms with Crippen molar-refractivity contribution >= 4 is 15.7 Å². The second kappa shape index (κ2) is 6.14. The molecule has 7 heteroatoms. The molecule has 0 radical (unpaired) electrons. The average molecular weight is 366 g/mol. The number of hydrogen-bond donors (Lipinski definition) is 3. The average Bonchev–Trinajstić information content (AvgIpc) is 3.10. The van der Waals surface area contributed by atoms with Gasteiger partial charge in [0, 0.05) is 11.6 Å². The topological polar surface area (TPSA) is 87.7 Å². The van der Waals surface area contributed by atoms with E-state index in [9.17, 15) is 13.5 Å². The standard InChI is InChI=1S/C18H26N2O4S/c1-25(22,23)20-13-6-7-14-15(10-13)24-18(8-9-18)17(21)16(14)19-11-12-4-2-3-5-12/h6-7,10,12,16-17,19-21H,2-5,8-9,11H2,1H3. The molecule has 1 aromatic carbocycles. The lowest BCUT2D eigenvalue weighted by Gasteiger charge is -2.38. The number of sulfonamides is 1. The molecule has 2 atom stereocenters. The minimum Gasteiger partial charge on any atom is -0.484 e. The molecule has 0 bridgehead atoms. The lowest BCUT2D eigenvalue weighted by molar-refractivity contribution is -0.0250. The molecule has 3 N–H and O–H groups in total. The number of fused-ring (bicyclic) bond motifs is 1. The summed E-state index contributed by atoms with van der Waals surface area (Å²) in [6.45, 7) is 0.903. The number of aliphatic hydroxyl groups excluding tert-OH is 1. The molecule has 4 rings (SSSR count). The normalized spacial score (nSPS) is 27.8. The van der Waals surface area contributed by atoms with Crippen LogP contribution in [0.2, 0.25) is 0 Å². The first-order valence-corrected chi connectivity index (χ1v) is 11.0. The fourth-order valence-corrected chi connectivity index (χ4v) is 4.72. The first kappa shape index (κ1) is 17.1. The smallest absolute Gasteiger partial charge is 0.229 e. The SMILES string of the molecule is CS(=O)(=O)Nc1ccc2c(c1)OC1(CC1)C(O)C2NCC1CCCC1. The van der Waals surface area contributed by atoms with Gasteiger partial charge in [-0.2, -0.15) is 0 Å². The van der Waals surface area contributed by atoms with Crippen molar-refractivity contribution in [2.45, 2.75) is 56.3 Å². The van der Waals surface area contributed by atoms with Gasteiger partial charge in [0.15, 0.2) is 0 Å². The molecule has 0 aromatic heterocycles. The Kier molecular flexibility index (Phi) is 4.21.